The number of hydrogen-bond acceptors (Lipinski definition) is 4. The van der Waals surface area contributed by atoms with Gasteiger partial charge in [0, 0.05) is 21.4 Å². The Kier molecular flexibility index (Phi) is 5.84. The topological polar surface area (TPSA) is 68.3 Å². The number of nitrogens with two attached hydrogens (primary N) is 1. The van der Waals surface area contributed by atoms with E-state index in [4.69, 9.17) is 21.8 Å². The third-order valence-electron chi connectivity index (χ3n) is 3.34. The first-order valence-corrected chi connectivity index (χ1v) is 9.98. The molecule has 24 heavy (non-hydrogen) atoms. The molecule has 7 heteroatoms. The molecule has 0 fully saturated rings. The van der Waals surface area contributed by atoms with Crippen molar-refractivity contribution >= 4 is 51.0 Å². The fourth-order valence-corrected chi connectivity index (χ4v) is 4.24. The van der Waals surface area contributed by atoms with Gasteiger partial charge in [-0.05, 0) is 43.0 Å². The van der Waals surface area contributed by atoms with E-state index in [2.05, 4.69) is 4.72 Å². The van der Waals surface area contributed by atoms with Gasteiger partial charge in [0.2, 0.25) is 5.09 Å². The average Bonchev–Trinajstić information content (AvgIpc) is 3.01. The van der Waals surface area contributed by atoms with Gasteiger partial charge in [0.05, 0.1) is 5.69 Å². The predicted octanol–water partition coefficient (Wildman–Crippen LogP) is 4.66. The molecule has 2 aromatic carbocycles. The maximum Gasteiger partial charge on any atom is 0.212 e. The number of para-hydroxylation sites is 1. The Balaban J connectivity index is 1.81. The second kappa shape index (κ2) is 8.07. The molecule has 0 aliphatic rings. The van der Waals surface area contributed by atoms with E-state index in [0.29, 0.717) is 22.2 Å². The van der Waals surface area contributed by atoms with Crippen LogP contribution in [0.15, 0.2) is 62.9 Å². The molecule has 1 unspecified atom stereocenters. The molecule has 0 radical (unpaired) electrons. The molecule has 0 saturated carbocycles. The Hall–Kier alpha value is -1.47. The van der Waals surface area contributed by atoms with Crippen molar-refractivity contribution in [1.29, 1.82) is 0 Å². The number of hydrogen-bond donors (Lipinski definition) is 2. The second-order valence-electron chi connectivity index (χ2n) is 5.11. The monoisotopic (exact) mass is 380 g/mol. The summed E-state index contributed by atoms with van der Waals surface area (Å²) in [6.07, 6.45) is 0.916. The van der Waals surface area contributed by atoms with Gasteiger partial charge in [-0.25, -0.2) is 4.21 Å². The largest absolute Gasteiger partial charge is 0.445 e. The number of halogens is 1. The number of furan rings is 1. The summed E-state index contributed by atoms with van der Waals surface area (Å²) < 4.78 is 21.3. The van der Waals surface area contributed by atoms with E-state index in [0.717, 1.165) is 28.1 Å². The fourth-order valence-electron chi connectivity index (χ4n) is 2.17. The summed E-state index contributed by atoms with van der Waals surface area (Å²) in [6.45, 7) is 0.647. The summed E-state index contributed by atoms with van der Waals surface area (Å²) in [5.41, 5.74) is 6.98. The van der Waals surface area contributed by atoms with E-state index >= 15 is 0 Å². The van der Waals surface area contributed by atoms with Crippen LogP contribution in [0, 0.1) is 0 Å². The Morgan fingerprint density at radius 1 is 1.21 bits per heavy atom. The number of nitrogens with one attached hydrogen (secondary N) is 1. The van der Waals surface area contributed by atoms with Gasteiger partial charge >= 0.3 is 0 Å². The zero-order valence-electron chi connectivity index (χ0n) is 12.8. The zero-order valence-corrected chi connectivity index (χ0v) is 15.2. The van der Waals surface area contributed by atoms with Crippen LogP contribution in [0.4, 0.5) is 5.69 Å². The molecule has 1 atom stereocenters. The summed E-state index contributed by atoms with van der Waals surface area (Å²) in [6, 6.07) is 14.9. The molecule has 0 saturated heterocycles. The molecule has 3 rings (SSSR count). The van der Waals surface area contributed by atoms with Gasteiger partial charge in [0.1, 0.15) is 5.58 Å². The van der Waals surface area contributed by atoms with Crippen molar-refractivity contribution in [2.75, 3.05) is 17.0 Å². The van der Waals surface area contributed by atoms with Crippen LogP contribution >= 0.6 is 23.4 Å². The van der Waals surface area contributed by atoms with Crippen LogP contribution in [0.25, 0.3) is 11.0 Å². The van der Waals surface area contributed by atoms with Crippen molar-refractivity contribution in [2.24, 2.45) is 5.73 Å². The lowest BCUT2D eigenvalue weighted by Gasteiger charge is -2.10. The molecule has 3 N–H and O–H groups in total. The van der Waals surface area contributed by atoms with E-state index in [1.807, 2.05) is 36.4 Å². The van der Waals surface area contributed by atoms with E-state index in [1.54, 1.807) is 23.9 Å². The number of benzene rings is 2. The number of fused-ring (bicyclic) bond motifs is 1. The second-order valence-corrected chi connectivity index (χ2v) is 7.82. The van der Waals surface area contributed by atoms with Crippen LogP contribution < -0.4 is 10.5 Å². The molecule has 1 aromatic heterocycles. The quantitative estimate of drug-likeness (QED) is 0.462. The van der Waals surface area contributed by atoms with Crippen LogP contribution in [-0.4, -0.2) is 16.5 Å². The van der Waals surface area contributed by atoms with Crippen LogP contribution in [0.5, 0.6) is 0 Å². The summed E-state index contributed by atoms with van der Waals surface area (Å²) in [7, 11) is -1.51. The lowest BCUT2D eigenvalue weighted by molar-refractivity contribution is 0.504. The van der Waals surface area contributed by atoms with Gasteiger partial charge in [-0.15, -0.1) is 11.8 Å². The first kappa shape index (κ1) is 17.4. The lowest BCUT2D eigenvalue weighted by atomic mass is 10.3. The maximum atomic E-state index is 12.6. The average molecular weight is 381 g/mol. The molecular weight excluding hydrogens is 364 g/mol. The minimum Gasteiger partial charge on any atom is -0.445 e. The minimum atomic E-state index is -1.51. The highest BCUT2D eigenvalue weighted by Crippen LogP contribution is 2.32. The molecule has 0 spiro atoms. The highest BCUT2D eigenvalue weighted by Gasteiger charge is 2.13. The van der Waals surface area contributed by atoms with Crippen molar-refractivity contribution in [1.82, 2.24) is 0 Å². The first-order chi connectivity index (χ1) is 11.7. The highest BCUT2D eigenvalue weighted by atomic mass is 35.5. The Morgan fingerprint density at radius 3 is 2.83 bits per heavy atom. The lowest BCUT2D eigenvalue weighted by Crippen LogP contribution is -2.05. The van der Waals surface area contributed by atoms with Crippen molar-refractivity contribution < 1.29 is 8.63 Å². The number of thioether (sulfide) groups is 1. The molecule has 0 amide bonds. The van der Waals surface area contributed by atoms with Gasteiger partial charge in [-0.2, -0.15) is 0 Å². The van der Waals surface area contributed by atoms with Crippen LogP contribution in [0.3, 0.4) is 0 Å². The summed E-state index contributed by atoms with van der Waals surface area (Å²) in [4.78, 5) is 0.984. The first-order valence-electron chi connectivity index (χ1n) is 7.47. The Morgan fingerprint density at radius 2 is 2.04 bits per heavy atom. The Labute approximate surface area is 152 Å². The third-order valence-corrected chi connectivity index (χ3v) is 5.70. The molecule has 4 nitrogen and oxygen atoms in total. The molecule has 0 aliphatic heterocycles. The predicted molar refractivity (Wildman–Crippen MR) is 102 cm³/mol. The maximum absolute atomic E-state index is 12.6. The standard InChI is InChI=1S/C17H17ClN2O2S2/c18-13-6-7-16(23-9-3-8-19)14(11-13)20-24(21)17-10-12-4-1-2-5-15(12)22-17/h1-2,4-7,10-11,20H,3,8-9,19H2. The fraction of sp³-hybridized carbons (Fsp3) is 0.176. The van der Waals surface area contributed by atoms with Crippen molar-refractivity contribution in [3.63, 3.8) is 0 Å². The Bertz CT molecular complexity index is 834. The number of anilines is 1. The normalized spacial score (nSPS) is 12.4. The summed E-state index contributed by atoms with van der Waals surface area (Å²) in [5, 5.41) is 1.89. The third kappa shape index (κ3) is 4.13. The smallest absolute Gasteiger partial charge is 0.212 e. The highest BCUT2D eigenvalue weighted by molar-refractivity contribution is 7.99. The molecule has 1 heterocycles. The molecule has 126 valence electrons. The van der Waals surface area contributed by atoms with Gasteiger partial charge in [-0.3, -0.25) is 4.72 Å². The SMILES string of the molecule is NCCCSc1ccc(Cl)cc1NS(=O)c1cc2ccccc2o1. The summed E-state index contributed by atoms with van der Waals surface area (Å²) in [5.74, 6) is 0.893. The van der Waals surface area contributed by atoms with Crippen molar-refractivity contribution in [3.05, 3.63) is 53.6 Å². The molecule has 0 bridgehead atoms. The summed E-state index contributed by atoms with van der Waals surface area (Å²) >= 11 is 7.74. The van der Waals surface area contributed by atoms with E-state index in [1.165, 1.54) is 0 Å². The van der Waals surface area contributed by atoms with Gasteiger partial charge in [0.15, 0.2) is 11.0 Å². The molecule has 0 aliphatic carbocycles. The van der Waals surface area contributed by atoms with Gasteiger partial charge in [-0.1, -0.05) is 29.8 Å². The van der Waals surface area contributed by atoms with Crippen LogP contribution in [0.2, 0.25) is 5.02 Å². The van der Waals surface area contributed by atoms with E-state index in [-0.39, 0.29) is 0 Å². The van der Waals surface area contributed by atoms with Crippen molar-refractivity contribution in [3.8, 4) is 0 Å². The van der Waals surface area contributed by atoms with E-state index < -0.39 is 11.0 Å². The minimum absolute atomic E-state index is 0.383. The number of rotatable bonds is 7. The van der Waals surface area contributed by atoms with Gasteiger partial charge in [0.25, 0.3) is 0 Å². The zero-order chi connectivity index (χ0) is 16.9. The molecular formula is C17H17ClN2O2S2. The van der Waals surface area contributed by atoms with Gasteiger partial charge < -0.3 is 10.2 Å². The van der Waals surface area contributed by atoms with E-state index in [9.17, 15) is 4.21 Å². The van der Waals surface area contributed by atoms with Crippen LogP contribution in [0.1, 0.15) is 6.42 Å². The van der Waals surface area contributed by atoms with Crippen LogP contribution in [-0.2, 0) is 11.0 Å². The molecule has 3 aromatic rings. The van der Waals surface area contributed by atoms with Crippen molar-refractivity contribution in [2.45, 2.75) is 16.4 Å².